The molecule has 0 unspecified atom stereocenters. The zero-order chi connectivity index (χ0) is 13.5. The fourth-order valence-corrected chi connectivity index (χ4v) is 1.84. The number of hydrogen-bond donors (Lipinski definition) is 1. The van der Waals surface area contributed by atoms with Crippen LogP contribution in [0.3, 0.4) is 0 Å². The molecule has 0 amide bonds. The van der Waals surface area contributed by atoms with Crippen LogP contribution in [0.15, 0.2) is 54.9 Å². The number of nitrogens with two attached hydrogens (primary N) is 1. The second kappa shape index (κ2) is 3.94. The Balaban J connectivity index is 2.19. The predicted octanol–water partition coefficient (Wildman–Crippen LogP) is 2.67. The second-order valence-corrected chi connectivity index (χ2v) is 3.83. The van der Waals surface area contributed by atoms with Crippen LogP contribution in [-0.4, -0.2) is 9.55 Å². The quantitative estimate of drug-likeness (QED) is 0.728. The third kappa shape index (κ3) is 1.87. The first-order valence-electron chi connectivity index (χ1n) is 6.37. The van der Waals surface area contributed by atoms with Crippen LogP contribution in [0.2, 0.25) is 0 Å². The minimum Gasteiger partial charge on any atom is -0.384 e. The van der Waals surface area contributed by atoms with Crippen LogP contribution in [0.25, 0.3) is 10.9 Å². The summed E-state index contributed by atoms with van der Waals surface area (Å²) in [6, 6.07) is 12.8. The van der Waals surface area contributed by atoms with Gasteiger partial charge >= 0.3 is 0 Å². The molecule has 3 heteroatoms. The molecule has 0 aliphatic carbocycles. The Labute approximate surface area is 102 Å². The minimum absolute atomic E-state index is 0.317. The summed E-state index contributed by atoms with van der Waals surface area (Å²) >= 11 is 0. The largest absolute Gasteiger partial charge is 0.384 e. The molecule has 0 radical (unpaired) electrons. The number of benzene rings is 1. The Morgan fingerprint density at radius 1 is 1.24 bits per heavy atom. The lowest BCUT2D eigenvalue weighted by atomic mass is 10.2. The smallest absolute Gasteiger partial charge is 0.123 e. The van der Waals surface area contributed by atoms with Crippen LogP contribution in [-0.2, 0) is 6.50 Å². The van der Waals surface area contributed by atoms with Gasteiger partial charge in [0.05, 0.1) is 2.74 Å². The maximum Gasteiger partial charge on any atom is 0.123 e. The number of nitrogens with zero attached hydrogens (tertiary/aromatic N) is 2. The average Bonchev–Trinajstić information content (AvgIpc) is 2.83. The third-order valence-electron chi connectivity index (χ3n) is 2.63. The molecule has 17 heavy (non-hydrogen) atoms. The summed E-state index contributed by atoms with van der Waals surface area (Å²) in [6.07, 6.45) is 3.27. The third-order valence-corrected chi connectivity index (χ3v) is 2.63. The molecule has 0 bridgehead atoms. The Hall–Kier alpha value is -2.29. The van der Waals surface area contributed by atoms with E-state index in [0.717, 1.165) is 10.9 Å². The Morgan fingerprint density at radius 3 is 3.00 bits per heavy atom. The number of hydrogen-bond acceptors (Lipinski definition) is 2. The van der Waals surface area contributed by atoms with Crippen LogP contribution < -0.4 is 5.73 Å². The number of nitrogen functional groups attached to an aromatic ring is 1. The van der Waals surface area contributed by atoms with Gasteiger partial charge in [-0.3, -0.25) is 0 Å². The fraction of sp³-hybridized carbons (Fsp3) is 0.0714. The van der Waals surface area contributed by atoms with Gasteiger partial charge in [-0.15, -0.1) is 0 Å². The van der Waals surface area contributed by atoms with Crippen LogP contribution >= 0.6 is 0 Å². The molecule has 3 nitrogen and oxygen atoms in total. The Bertz CT molecular complexity index is 734. The van der Waals surface area contributed by atoms with E-state index in [0.29, 0.717) is 11.4 Å². The van der Waals surface area contributed by atoms with Gasteiger partial charge in [-0.2, -0.15) is 0 Å². The standard InChI is InChI=1S/C14H13N3/c15-14-9-11(5-7-16-14)10-17-8-6-12-3-1-2-4-13(12)17/h1-9H,10H2,(H2,15,16)/i10D2. The van der Waals surface area contributed by atoms with Crippen molar-refractivity contribution in [2.75, 3.05) is 5.73 Å². The lowest BCUT2D eigenvalue weighted by Crippen LogP contribution is -1.99. The van der Waals surface area contributed by atoms with E-state index in [9.17, 15) is 0 Å². The first-order valence-corrected chi connectivity index (χ1v) is 5.37. The monoisotopic (exact) mass is 225 g/mol. The van der Waals surface area contributed by atoms with Crippen molar-refractivity contribution in [1.29, 1.82) is 0 Å². The first kappa shape index (κ1) is 7.90. The summed E-state index contributed by atoms with van der Waals surface area (Å²) in [5.74, 6) is 0.317. The van der Waals surface area contributed by atoms with Crippen molar-refractivity contribution < 1.29 is 2.74 Å². The van der Waals surface area contributed by atoms with Crippen molar-refractivity contribution in [1.82, 2.24) is 9.55 Å². The van der Waals surface area contributed by atoms with Crippen LogP contribution in [0.5, 0.6) is 0 Å². The molecule has 2 heterocycles. The topological polar surface area (TPSA) is 43.8 Å². The molecule has 3 aromatic rings. The van der Waals surface area contributed by atoms with Crippen molar-refractivity contribution >= 4 is 16.7 Å². The molecule has 1 aromatic carbocycles. The number of fused-ring (bicyclic) bond motifs is 1. The number of para-hydroxylation sites is 1. The van der Waals surface area contributed by atoms with Gasteiger partial charge in [0.25, 0.3) is 0 Å². The number of anilines is 1. The van der Waals surface area contributed by atoms with Crippen molar-refractivity contribution in [3.05, 3.63) is 60.4 Å². The lowest BCUT2D eigenvalue weighted by Gasteiger charge is -2.05. The molecule has 0 saturated carbocycles. The van der Waals surface area contributed by atoms with Gasteiger partial charge in [-0.05, 0) is 35.2 Å². The Kier molecular flexibility index (Phi) is 1.83. The molecule has 2 aromatic heterocycles. The highest BCUT2D eigenvalue weighted by Crippen LogP contribution is 2.16. The van der Waals surface area contributed by atoms with E-state index in [2.05, 4.69) is 4.98 Å². The normalized spacial score (nSPS) is 13.4. The van der Waals surface area contributed by atoms with Crippen molar-refractivity contribution in [3.8, 4) is 0 Å². The highest BCUT2D eigenvalue weighted by atomic mass is 15.0. The number of rotatable bonds is 2. The summed E-state index contributed by atoms with van der Waals surface area (Å²) < 4.78 is 18.3. The van der Waals surface area contributed by atoms with E-state index < -0.39 is 6.50 Å². The highest BCUT2D eigenvalue weighted by Gasteiger charge is 2.01. The molecule has 0 saturated heterocycles. The molecule has 0 spiro atoms. The van der Waals surface area contributed by atoms with Gasteiger partial charge in [0, 0.05) is 24.4 Å². The predicted molar refractivity (Wildman–Crippen MR) is 69.7 cm³/mol. The molecular weight excluding hydrogens is 210 g/mol. The molecule has 0 aliphatic rings. The minimum atomic E-state index is -1.67. The van der Waals surface area contributed by atoms with Crippen LogP contribution in [0.4, 0.5) is 5.82 Å². The van der Waals surface area contributed by atoms with Crippen LogP contribution in [0, 0.1) is 0 Å². The van der Waals surface area contributed by atoms with E-state index in [-0.39, 0.29) is 0 Å². The molecule has 3 rings (SSSR count). The van der Waals surface area contributed by atoms with Gasteiger partial charge in [0.2, 0.25) is 0 Å². The van der Waals surface area contributed by atoms with Crippen LogP contribution in [0.1, 0.15) is 8.30 Å². The van der Waals surface area contributed by atoms with Crippen molar-refractivity contribution in [3.63, 3.8) is 0 Å². The van der Waals surface area contributed by atoms with Crippen molar-refractivity contribution in [2.24, 2.45) is 0 Å². The maximum atomic E-state index is 8.35. The van der Waals surface area contributed by atoms with Gasteiger partial charge < -0.3 is 10.3 Å². The van der Waals surface area contributed by atoms with Gasteiger partial charge in [0.15, 0.2) is 0 Å². The molecule has 0 aliphatic heterocycles. The summed E-state index contributed by atoms with van der Waals surface area (Å²) in [5.41, 5.74) is 6.97. The lowest BCUT2D eigenvalue weighted by molar-refractivity contribution is 0.835. The SMILES string of the molecule is [2H]C([2H])(c1ccnc(N)c1)n1ccc2ccccc21. The highest BCUT2D eigenvalue weighted by molar-refractivity contribution is 5.80. The van der Waals surface area contributed by atoms with Crippen molar-refractivity contribution in [2.45, 2.75) is 6.50 Å². The maximum absolute atomic E-state index is 8.35. The summed E-state index contributed by atoms with van der Waals surface area (Å²) in [6.45, 7) is -1.67. The molecule has 0 atom stereocenters. The van der Waals surface area contributed by atoms with E-state index in [1.54, 1.807) is 22.9 Å². The zero-order valence-electron chi connectivity index (χ0n) is 11.2. The van der Waals surface area contributed by atoms with Gasteiger partial charge in [0.1, 0.15) is 5.82 Å². The molecule has 0 fully saturated rings. The number of pyridine rings is 1. The van der Waals surface area contributed by atoms with Gasteiger partial charge in [-0.1, -0.05) is 18.2 Å². The zero-order valence-corrected chi connectivity index (χ0v) is 9.17. The summed E-state index contributed by atoms with van der Waals surface area (Å²) in [5, 5.41) is 1.01. The summed E-state index contributed by atoms with van der Waals surface area (Å²) in [7, 11) is 0. The van der Waals surface area contributed by atoms with Gasteiger partial charge in [-0.25, -0.2) is 4.98 Å². The van der Waals surface area contributed by atoms with E-state index >= 15 is 0 Å². The second-order valence-electron chi connectivity index (χ2n) is 3.83. The number of aromatic nitrogens is 2. The Morgan fingerprint density at radius 2 is 2.12 bits per heavy atom. The summed E-state index contributed by atoms with van der Waals surface area (Å²) in [4.78, 5) is 3.90. The fourth-order valence-electron chi connectivity index (χ4n) is 1.84. The molecular formula is C14H13N3. The van der Waals surface area contributed by atoms with E-state index in [4.69, 9.17) is 8.48 Å². The van der Waals surface area contributed by atoms with E-state index in [1.165, 1.54) is 6.20 Å². The average molecular weight is 225 g/mol. The molecule has 84 valence electrons. The molecule has 2 N–H and O–H groups in total. The first-order chi connectivity index (χ1) is 9.09. The van der Waals surface area contributed by atoms with E-state index in [1.807, 2.05) is 30.3 Å².